The van der Waals surface area contributed by atoms with Crippen molar-refractivity contribution < 1.29 is 9.53 Å². The van der Waals surface area contributed by atoms with E-state index >= 15 is 0 Å². The molecule has 30 heavy (non-hydrogen) atoms. The first-order chi connectivity index (χ1) is 14.4. The van der Waals surface area contributed by atoms with Gasteiger partial charge in [-0.05, 0) is 49.7 Å². The molecule has 2 aromatic heterocycles. The van der Waals surface area contributed by atoms with E-state index in [1.54, 1.807) is 30.5 Å². The van der Waals surface area contributed by atoms with Crippen LogP contribution in [0.15, 0.2) is 64.0 Å². The monoisotopic (exact) mass is 483 g/mol. The molecule has 0 aliphatic carbocycles. The SMILES string of the molecule is Cc1ccc(OCc2cc(=O)n3cc(C)sc3n2)c(NC(=O)c2cccc(Br)c2)c1. The summed E-state index contributed by atoms with van der Waals surface area (Å²) < 4.78 is 8.27. The van der Waals surface area contributed by atoms with E-state index in [1.165, 1.54) is 21.8 Å². The standard InChI is InChI=1S/C22H18BrN3O3S/c1-13-6-7-19(18(8-13)25-21(28)15-4-3-5-16(23)9-15)29-12-17-10-20(27)26-11-14(2)30-22(26)24-17/h3-11H,12H2,1-2H3,(H,25,28). The largest absolute Gasteiger partial charge is 0.485 e. The Morgan fingerprint density at radius 1 is 1.20 bits per heavy atom. The van der Waals surface area contributed by atoms with Gasteiger partial charge in [-0.25, -0.2) is 4.98 Å². The third kappa shape index (κ3) is 4.44. The zero-order valence-electron chi connectivity index (χ0n) is 16.3. The van der Waals surface area contributed by atoms with E-state index in [-0.39, 0.29) is 18.1 Å². The third-order valence-corrected chi connectivity index (χ3v) is 5.77. The highest BCUT2D eigenvalue weighted by Gasteiger charge is 2.12. The van der Waals surface area contributed by atoms with Crippen molar-refractivity contribution in [2.75, 3.05) is 5.32 Å². The number of amides is 1. The van der Waals surface area contributed by atoms with Gasteiger partial charge in [0.1, 0.15) is 12.4 Å². The first-order valence-electron chi connectivity index (χ1n) is 9.18. The smallest absolute Gasteiger partial charge is 0.258 e. The number of hydrogen-bond donors (Lipinski definition) is 1. The Hall–Kier alpha value is -2.97. The zero-order valence-corrected chi connectivity index (χ0v) is 18.7. The molecule has 0 radical (unpaired) electrons. The van der Waals surface area contributed by atoms with Gasteiger partial charge in [0.2, 0.25) is 0 Å². The van der Waals surface area contributed by atoms with Crippen LogP contribution in [-0.2, 0) is 6.61 Å². The van der Waals surface area contributed by atoms with Gasteiger partial charge in [0.05, 0.1) is 11.4 Å². The number of fused-ring (bicyclic) bond motifs is 1. The van der Waals surface area contributed by atoms with Crippen molar-refractivity contribution in [1.29, 1.82) is 0 Å². The molecule has 0 saturated heterocycles. The molecular formula is C22H18BrN3O3S. The van der Waals surface area contributed by atoms with Crippen LogP contribution in [0.25, 0.3) is 4.96 Å². The summed E-state index contributed by atoms with van der Waals surface area (Å²) in [4.78, 5) is 31.1. The number of carbonyl (C=O) groups excluding carboxylic acids is 1. The third-order valence-electron chi connectivity index (χ3n) is 4.38. The minimum absolute atomic E-state index is 0.117. The number of halogens is 1. The summed E-state index contributed by atoms with van der Waals surface area (Å²) >= 11 is 4.83. The van der Waals surface area contributed by atoms with Gasteiger partial charge in [-0.3, -0.25) is 14.0 Å². The Morgan fingerprint density at radius 2 is 2.03 bits per heavy atom. The van der Waals surface area contributed by atoms with Crippen molar-refractivity contribution in [2.45, 2.75) is 20.5 Å². The zero-order chi connectivity index (χ0) is 21.3. The van der Waals surface area contributed by atoms with Gasteiger partial charge in [0.25, 0.3) is 11.5 Å². The van der Waals surface area contributed by atoms with E-state index in [9.17, 15) is 9.59 Å². The second kappa shape index (κ2) is 8.41. The minimum atomic E-state index is -0.237. The number of rotatable bonds is 5. The van der Waals surface area contributed by atoms with E-state index < -0.39 is 0 Å². The fraction of sp³-hybridized carbons (Fsp3) is 0.136. The van der Waals surface area contributed by atoms with Crippen molar-refractivity contribution >= 4 is 43.8 Å². The number of aryl methyl sites for hydroxylation is 2. The van der Waals surface area contributed by atoms with Gasteiger partial charge in [-0.15, -0.1) is 11.3 Å². The van der Waals surface area contributed by atoms with Crippen molar-refractivity contribution in [3.8, 4) is 5.75 Å². The average molecular weight is 484 g/mol. The summed E-state index contributed by atoms with van der Waals surface area (Å²) in [5.74, 6) is 0.270. The molecule has 0 saturated carbocycles. The van der Waals surface area contributed by atoms with Crippen LogP contribution in [0.4, 0.5) is 5.69 Å². The fourth-order valence-electron chi connectivity index (χ4n) is 2.98. The van der Waals surface area contributed by atoms with Crippen LogP contribution >= 0.6 is 27.3 Å². The highest BCUT2D eigenvalue weighted by molar-refractivity contribution is 9.10. The molecule has 8 heteroatoms. The molecule has 0 bridgehead atoms. The van der Waals surface area contributed by atoms with Gasteiger partial charge >= 0.3 is 0 Å². The highest BCUT2D eigenvalue weighted by atomic mass is 79.9. The van der Waals surface area contributed by atoms with E-state index in [2.05, 4.69) is 26.2 Å². The Kier molecular flexibility index (Phi) is 5.69. The molecule has 4 aromatic rings. The second-order valence-corrected chi connectivity index (χ2v) is 8.96. The summed E-state index contributed by atoms with van der Waals surface area (Å²) in [5, 5.41) is 2.91. The van der Waals surface area contributed by atoms with Gasteiger partial charge in [-0.2, -0.15) is 0 Å². The Labute approximate surface area is 185 Å². The van der Waals surface area contributed by atoms with Crippen LogP contribution < -0.4 is 15.6 Å². The number of carbonyl (C=O) groups is 1. The van der Waals surface area contributed by atoms with Crippen LogP contribution in [0.5, 0.6) is 5.75 Å². The number of nitrogens with one attached hydrogen (secondary N) is 1. The summed E-state index contributed by atoms with van der Waals surface area (Å²) in [6.07, 6.45) is 1.77. The Morgan fingerprint density at radius 3 is 2.83 bits per heavy atom. The number of thiazole rings is 1. The van der Waals surface area contributed by atoms with Crippen molar-refractivity contribution in [1.82, 2.24) is 9.38 Å². The van der Waals surface area contributed by atoms with Crippen molar-refractivity contribution in [3.63, 3.8) is 0 Å². The molecule has 1 N–H and O–H groups in total. The topological polar surface area (TPSA) is 72.7 Å². The Balaban J connectivity index is 1.56. The van der Waals surface area contributed by atoms with Gasteiger partial charge in [0.15, 0.2) is 4.96 Å². The number of benzene rings is 2. The van der Waals surface area contributed by atoms with Crippen LogP contribution in [0.1, 0.15) is 26.5 Å². The normalized spacial score (nSPS) is 10.9. The van der Waals surface area contributed by atoms with Crippen LogP contribution in [0.2, 0.25) is 0 Å². The van der Waals surface area contributed by atoms with Crippen LogP contribution in [-0.4, -0.2) is 15.3 Å². The molecule has 0 unspecified atom stereocenters. The number of nitrogens with zero attached hydrogens (tertiary/aromatic N) is 2. The predicted octanol–water partition coefficient (Wildman–Crippen LogP) is 4.97. The fourth-order valence-corrected chi connectivity index (χ4v) is 4.22. The molecule has 152 valence electrons. The summed E-state index contributed by atoms with van der Waals surface area (Å²) in [7, 11) is 0. The summed E-state index contributed by atoms with van der Waals surface area (Å²) in [6, 6.07) is 14.2. The van der Waals surface area contributed by atoms with Crippen LogP contribution in [0, 0.1) is 13.8 Å². The average Bonchev–Trinajstić information content (AvgIpc) is 3.08. The van der Waals surface area contributed by atoms with Gasteiger partial charge in [0, 0.05) is 27.2 Å². The first kappa shape index (κ1) is 20.3. The van der Waals surface area contributed by atoms with E-state index in [0.29, 0.717) is 27.7 Å². The number of anilines is 1. The molecule has 2 aromatic carbocycles. The maximum Gasteiger partial charge on any atom is 0.258 e. The number of aromatic nitrogens is 2. The lowest BCUT2D eigenvalue weighted by molar-refractivity contribution is 0.102. The van der Waals surface area contributed by atoms with E-state index in [4.69, 9.17) is 4.74 Å². The molecule has 0 spiro atoms. The number of hydrogen-bond acceptors (Lipinski definition) is 5. The maximum atomic E-state index is 12.7. The van der Waals surface area contributed by atoms with Gasteiger partial charge in [-0.1, -0.05) is 28.1 Å². The Bertz CT molecular complexity index is 1310. The lowest BCUT2D eigenvalue weighted by Gasteiger charge is -2.13. The summed E-state index contributed by atoms with van der Waals surface area (Å²) in [6.45, 7) is 3.99. The van der Waals surface area contributed by atoms with Crippen molar-refractivity contribution in [3.05, 3.63) is 91.3 Å². The second-order valence-electron chi connectivity index (χ2n) is 6.83. The molecule has 4 rings (SSSR count). The quantitative estimate of drug-likeness (QED) is 0.435. The summed E-state index contributed by atoms with van der Waals surface area (Å²) in [5.41, 5.74) is 2.47. The molecule has 1 amide bonds. The molecule has 6 nitrogen and oxygen atoms in total. The molecule has 0 atom stereocenters. The first-order valence-corrected chi connectivity index (χ1v) is 10.8. The van der Waals surface area contributed by atoms with E-state index in [1.807, 2.05) is 32.0 Å². The van der Waals surface area contributed by atoms with Gasteiger partial charge < -0.3 is 10.1 Å². The van der Waals surface area contributed by atoms with E-state index in [0.717, 1.165) is 14.9 Å². The van der Waals surface area contributed by atoms with Crippen molar-refractivity contribution in [2.24, 2.45) is 0 Å². The lowest BCUT2D eigenvalue weighted by Crippen LogP contribution is -2.15. The molecule has 2 heterocycles. The molecule has 0 aliphatic rings. The predicted molar refractivity (Wildman–Crippen MR) is 122 cm³/mol. The lowest BCUT2D eigenvalue weighted by atomic mass is 10.1. The number of ether oxygens (including phenoxy) is 1. The molecule has 0 aliphatic heterocycles. The highest BCUT2D eigenvalue weighted by Crippen LogP contribution is 2.27. The molecular weight excluding hydrogens is 466 g/mol. The maximum absolute atomic E-state index is 12.7. The minimum Gasteiger partial charge on any atom is -0.485 e. The van der Waals surface area contributed by atoms with Crippen LogP contribution in [0.3, 0.4) is 0 Å². The molecule has 0 fully saturated rings.